The van der Waals surface area contributed by atoms with E-state index in [2.05, 4.69) is 20.7 Å². The van der Waals surface area contributed by atoms with Gasteiger partial charge in [-0.15, -0.1) is 0 Å². The van der Waals surface area contributed by atoms with Gasteiger partial charge in [-0.25, -0.2) is 22.5 Å². The second kappa shape index (κ2) is 8.03. The van der Waals surface area contributed by atoms with Gasteiger partial charge in [0.1, 0.15) is 17.7 Å². The molecule has 0 atom stereocenters. The molecule has 1 aliphatic heterocycles. The standard InChI is InChI=1S/C19H21FN4O2S/c1-14-11-17(20)4-5-18(14)27(25,26)23-13-15-6-9-24(10-7-15)19-16(12-21)3-2-8-22-19/h2-5,8,11,15,23H,6-7,9-10,13H2,1H3. The van der Waals surface area contributed by atoms with Gasteiger partial charge >= 0.3 is 0 Å². The molecule has 1 aromatic carbocycles. The zero-order valence-corrected chi connectivity index (χ0v) is 15.8. The first kappa shape index (κ1) is 19.3. The minimum Gasteiger partial charge on any atom is -0.356 e. The maximum absolute atomic E-state index is 13.2. The van der Waals surface area contributed by atoms with E-state index in [4.69, 9.17) is 0 Å². The Morgan fingerprint density at radius 3 is 2.74 bits per heavy atom. The van der Waals surface area contributed by atoms with Crippen LogP contribution in [-0.4, -0.2) is 33.0 Å². The average Bonchev–Trinajstić information content (AvgIpc) is 2.66. The number of anilines is 1. The van der Waals surface area contributed by atoms with Crippen LogP contribution in [0.3, 0.4) is 0 Å². The van der Waals surface area contributed by atoms with Crippen LogP contribution < -0.4 is 9.62 Å². The second-order valence-electron chi connectivity index (χ2n) is 6.68. The number of nitriles is 1. The van der Waals surface area contributed by atoms with Crippen LogP contribution in [0, 0.1) is 30.0 Å². The molecule has 27 heavy (non-hydrogen) atoms. The molecular weight excluding hydrogens is 367 g/mol. The number of benzene rings is 1. The molecule has 0 spiro atoms. The molecule has 0 unspecified atom stereocenters. The van der Waals surface area contributed by atoms with Gasteiger partial charge in [0, 0.05) is 25.8 Å². The summed E-state index contributed by atoms with van der Waals surface area (Å²) < 4.78 is 40.8. The van der Waals surface area contributed by atoms with Crippen LogP contribution in [0.2, 0.25) is 0 Å². The molecule has 1 fully saturated rings. The maximum Gasteiger partial charge on any atom is 0.240 e. The summed E-state index contributed by atoms with van der Waals surface area (Å²) in [5.41, 5.74) is 0.931. The Labute approximate surface area is 158 Å². The summed E-state index contributed by atoms with van der Waals surface area (Å²) in [5, 5.41) is 9.21. The lowest BCUT2D eigenvalue weighted by molar-refractivity contribution is 0.400. The van der Waals surface area contributed by atoms with Gasteiger partial charge in [0.15, 0.2) is 0 Å². The highest BCUT2D eigenvalue weighted by atomic mass is 32.2. The fourth-order valence-corrected chi connectivity index (χ4v) is 4.65. The Balaban J connectivity index is 1.59. The first-order valence-electron chi connectivity index (χ1n) is 8.76. The third kappa shape index (κ3) is 4.43. The van der Waals surface area contributed by atoms with Crippen molar-refractivity contribution in [1.29, 1.82) is 5.26 Å². The Kier molecular flexibility index (Phi) is 5.73. The van der Waals surface area contributed by atoms with Gasteiger partial charge in [-0.2, -0.15) is 5.26 Å². The summed E-state index contributed by atoms with van der Waals surface area (Å²) in [5.74, 6) is 0.428. The highest BCUT2D eigenvalue weighted by Crippen LogP contribution is 2.24. The van der Waals surface area contributed by atoms with Crippen molar-refractivity contribution in [3.05, 3.63) is 53.5 Å². The number of halogens is 1. The van der Waals surface area contributed by atoms with Gasteiger partial charge in [-0.1, -0.05) is 0 Å². The van der Waals surface area contributed by atoms with Crippen LogP contribution in [0.4, 0.5) is 10.2 Å². The van der Waals surface area contributed by atoms with Crippen molar-refractivity contribution in [2.24, 2.45) is 5.92 Å². The van der Waals surface area contributed by atoms with E-state index in [0.717, 1.165) is 18.9 Å². The molecule has 3 rings (SSSR count). The van der Waals surface area contributed by atoms with Crippen LogP contribution in [0.25, 0.3) is 0 Å². The zero-order valence-electron chi connectivity index (χ0n) is 15.0. The predicted octanol–water partition coefficient (Wildman–Crippen LogP) is 2.60. The largest absolute Gasteiger partial charge is 0.356 e. The lowest BCUT2D eigenvalue weighted by Crippen LogP contribution is -2.39. The van der Waals surface area contributed by atoms with Crippen LogP contribution in [-0.2, 0) is 10.0 Å². The van der Waals surface area contributed by atoms with Crippen molar-refractivity contribution in [1.82, 2.24) is 9.71 Å². The van der Waals surface area contributed by atoms with Crippen molar-refractivity contribution in [2.45, 2.75) is 24.7 Å². The molecule has 0 saturated carbocycles. The fourth-order valence-electron chi connectivity index (χ4n) is 3.30. The lowest BCUT2D eigenvalue weighted by atomic mass is 9.97. The third-order valence-electron chi connectivity index (χ3n) is 4.81. The van der Waals surface area contributed by atoms with Crippen molar-refractivity contribution >= 4 is 15.8 Å². The molecule has 0 aliphatic carbocycles. The third-order valence-corrected chi connectivity index (χ3v) is 6.39. The molecule has 6 nitrogen and oxygen atoms in total. The van der Waals surface area contributed by atoms with Crippen molar-refractivity contribution < 1.29 is 12.8 Å². The number of hydrogen-bond donors (Lipinski definition) is 1. The normalized spacial score (nSPS) is 15.5. The quantitative estimate of drug-likeness (QED) is 0.851. The van der Waals surface area contributed by atoms with Crippen LogP contribution >= 0.6 is 0 Å². The summed E-state index contributed by atoms with van der Waals surface area (Å²) in [4.78, 5) is 6.47. The van der Waals surface area contributed by atoms with Gasteiger partial charge in [-0.05, 0) is 61.6 Å². The highest BCUT2D eigenvalue weighted by Gasteiger charge is 2.24. The van der Waals surface area contributed by atoms with E-state index in [9.17, 15) is 18.1 Å². The summed E-state index contributed by atoms with van der Waals surface area (Å²) >= 11 is 0. The molecule has 0 amide bonds. The number of aromatic nitrogens is 1. The SMILES string of the molecule is Cc1cc(F)ccc1S(=O)(=O)NCC1CCN(c2ncccc2C#N)CC1. The van der Waals surface area contributed by atoms with Crippen molar-refractivity contribution in [2.75, 3.05) is 24.5 Å². The number of hydrogen-bond acceptors (Lipinski definition) is 5. The molecule has 1 N–H and O–H groups in total. The number of piperidine rings is 1. The molecule has 2 aromatic rings. The summed E-state index contributed by atoms with van der Waals surface area (Å²) in [7, 11) is -3.67. The summed E-state index contributed by atoms with van der Waals surface area (Å²) in [6, 6.07) is 9.29. The van der Waals surface area contributed by atoms with Crippen LogP contribution in [0.1, 0.15) is 24.0 Å². The Morgan fingerprint density at radius 2 is 2.07 bits per heavy atom. The first-order valence-corrected chi connectivity index (χ1v) is 10.2. The van der Waals surface area contributed by atoms with Crippen LogP contribution in [0.5, 0.6) is 0 Å². The predicted molar refractivity (Wildman–Crippen MR) is 100 cm³/mol. The monoisotopic (exact) mass is 388 g/mol. The Morgan fingerprint density at radius 1 is 1.33 bits per heavy atom. The van der Waals surface area contributed by atoms with Gasteiger partial charge in [-0.3, -0.25) is 0 Å². The van der Waals surface area contributed by atoms with E-state index in [0.29, 0.717) is 36.6 Å². The minimum absolute atomic E-state index is 0.105. The average molecular weight is 388 g/mol. The zero-order chi connectivity index (χ0) is 19.4. The van der Waals surface area contributed by atoms with Gasteiger partial charge < -0.3 is 4.90 Å². The molecule has 0 radical (unpaired) electrons. The molecule has 0 bridgehead atoms. The maximum atomic E-state index is 13.2. The summed E-state index contributed by atoms with van der Waals surface area (Å²) in [6.45, 7) is 3.34. The smallest absolute Gasteiger partial charge is 0.240 e. The fraction of sp³-hybridized carbons (Fsp3) is 0.368. The van der Waals surface area contributed by atoms with E-state index in [-0.39, 0.29) is 10.8 Å². The highest BCUT2D eigenvalue weighted by molar-refractivity contribution is 7.89. The Hall–Kier alpha value is -2.50. The molecule has 1 aliphatic rings. The number of sulfonamides is 1. The van der Waals surface area contributed by atoms with Crippen molar-refractivity contribution in [3.63, 3.8) is 0 Å². The van der Waals surface area contributed by atoms with E-state index < -0.39 is 15.8 Å². The number of aryl methyl sites for hydroxylation is 1. The summed E-state index contributed by atoms with van der Waals surface area (Å²) in [6.07, 6.45) is 3.26. The molecule has 142 valence electrons. The number of rotatable bonds is 5. The number of nitrogens with one attached hydrogen (secondary N) is 1. The molecule has 1 saturated heterocycles. The van der Waals surface area contributed by atoms with Crippen molar-refractivity contribution in [3.8, 4) is 6.07 Å². The number of nitrogens with zero attached hydrogens (tertiary/aromatic N) is 3. The lowest BCUT2D eigenvalue weighted by Gasteiger charge is -2.33. The van der Waals surface area contributed by atoms with Gasteiger partial charge in [0.05, 0.1) is 10.5 Å². The van der Waals surface area contributed by atoms with E-state index in [1.54, 1.807) is 25.3 Å². The van der Waals surface area contributed by atoms with Gasteiger partial charge in [0.25, 0.3) is 0 Å². The minimum atomic E-state index is -3.67. The molecule has 1 aromatic heterocycles. The van der Waals surface area contributed by atoms with Crippen LogP contribution in [0.15, 0.2) is 41.4 Å². The molecule has 8 heteroatoms. The topological polar surface area (TPSA) is 86.1 Å². The second-order valence-corrected chi connectivity index (χ2v) is 8.41. The van der Waals surface area contributed by atoms with E-state index in [1.165, 1.54) is 12.1 Å². The van der Waals surface area contributed by atoms with Gasteiger partial charge in [0.2, 0.25) is 10.0 Å². The van der Waals surface area contributed by atoms with E-state index in [1.807, 2.05) is 0 Å². The molecule has 2 heterocycles. The number of pyridine rings is 1. The Bertz CT molecular complexity index is 964. The van der Waals surface area contributed by atoms with E-state index >= 15 is 0 Å². The molecular formula is C19H21FN4O2S. The first-order chi connectivity index (χ1) is 12.9.